The van der Waals surface area contributed by atoms with Gasteiger partial charge < -0.3 is 10.6 Å². The van der Waals surface area contributed by atoms with Gasteiger partial charge in [-0.15, -0.1) is 5.10 Å². The normalized spacial score (nSPS) is 10.5. The van der Waals surface area contributed by atoms with E-state index in [1.54, 1.807) is 10.7 Å². The van der Waals surface area contributed by atoms with Crippen LogP contribution in [0.4, 0.5) is 11.4 Å². The standard InChI is InChI=1S/C19H20N6O2/c1-12-4-9-17(20-14(3)26)18(10-12)21-19(27)11-15-5-7-16(8-6-15)25-13(2)22-23-24-25/h4-10H,11H2,1-3H3,(H,20,26)(H,21,27). The van der Waals surface area contributed by atoms with Gasteiger partial charge in [-0.2, -0.15) is 4.68 Å². The van der Waals surface area contributed by atoms with Crippen molar-refractivity contribution in [3.8, 4) is 5.69 Å². The summed E-state index contributed by atoms with van der Waals surface area (Å²) in [7, 11) is 0. The molecular formula is C19H20N6O2. The zero-order valence-corrected chi connectivity index (χ0v) is 15.4. The van der Waals surface area contributed by atoms with Crippen LogP contribution in [0.3, 0.4) is 0 Å². The van der Waals surface area contributed by atoms with Gasteiger partial charge in [0.15, 0.2) is 5.82 Å². The number of tetrazole rings is 1. The molecule has 0 aliphatic carbocycles. The fourth-order valence-electron chi connectivity index (χ4n) is 2.67. The molecule has 1 aromatic heterocycles. The predicted molar refractivity (Wildman–Crippen MR) is 102 cm³/mol. The number of hydrogen-bond donors (Lipinski definition) is 2. The summed E-state index contributed by atoms with van der Waals surface area (Å²) in [5, 5.41) is 17.0. The largest absolute Gasteiger partial charge is 0.325 e. The van der Waals surface area contributed by atoms with Gasteiger partial charge >= 0.3 is 0 Å². The SMILES string of the molecule is CC(=O)Nc1ccc(C)cc1NC(=O)Cc1ccc(-n2nnnc2C)cc1. The first-order valence-corrected chi connectivity index (χ1v) is 8.45. The lowest BCUT2D eigenvalue weighted by Crippen LogP contribution is -2.17. The number of anilines is 2. The second-order valence-corrected chi connectivity index (χ2v) is 6.26. The Hall–Kier alpha value is -3.55. The van der Waals surface area contributed by atoms with Gasteiger partial charge in [0.2, 0.25) is 11.8 Å². The topological polar surface area (TPSA) is 102 Å². The number of nitrogens with one attached hydrogen (secondary N) is 2. The van der Waals surface area contributed by atoms with Crippen molar-refractivity contribution in [2.24, 2.45) is 0 Å². The molecule has 0 atom stereocenters. The van der Waals surface area contributed by atoms with Crippen molar-refractivity contribution >= 4 is 23.2 Å². The van der Waals surface area contributed by atoms with Crippen molar-refractivity contribution in [2.75, 3.05) is 10.6 Å². The summed E-state index contributed by atoms with van der Waals surface area (Å²) in [6.45, 7) is 5.17. The molecule has 138 valence electrons. The van der Waals surface area contributed by atoms with Crippen LogP contribution in [0.1, 0.15) is 23.9 Å². The van der Waals surface area contributed by atoms with Crippen LogP contribution >= 0.6 is 0 Å². The van der Waals surface area contributed by atoms with Crippen molar-refractivity contribution in [2.45, 2.75) is 27.2 Å². The predicted octanol–water partition coefficient (Wildman–Crippen LogP) is 2.42. The summed E-state index contributed by atoms with van der Waals surface area (Å²) >= 11 is 0. The lowest BCUT2D eigenvalue weighted by Gasteiger charge is -2.12. The molecule has 3 aromatic rings. The molecule has 8 nitrogen and oxygen atoms in total. The smallest absolute Gasteiger partial charge is 0.228 e. The monoisotopic (exact) mass is 364 g/mol. The third-order valence-electron chi connectivity index (χ3n) is 3.93. The zero-order valence-electron chi connectivity index (χ0n) is 15.4. The van der Waals surface area contributed by atoms with Crippen molar-refractivity contribution in [3.05, 3.63) is 59.4 Å². The summed E-state index contributed by atoms with van der Waals surface area (Å²) in [6.07, 6.45) is 0.211. The number of rotatable bonds is 5. The fraction of sp³-hybridized carbons (Fsp3) is 0.211. The Kier molecular flexibility index (Phi) is 5.25. The van der Waals surface area contributed by atoms with Gasteiger partial charge in [0, 0.05) is 6.92 Å². The van der Waals surface area contributed by atoms with E-state index in [4.69, 9.17) is 0 Å². The molecule has 0 spiro atoms. The van der Waals surface area contributed by atoms with E-state index in [0.717, 1.165) is 16.8 Å². The number of carbonyl (C=O) groups is 2. The van der Waals surface area contributed by atoms with Gasteiger partial charge in [-0.25, -0.2) is 0 Å². The highest BCUT2D eigenvalue weighted by atomic mass is 16.2. The number of carbonyl (C=O) groups excluding carboxylic acids is 2. The van der Waals surface area contributed by atoms with Gasteiger partial charge in [0.05, 0.1) is 23.5 Å². The second kappa shape index (κ2) is 7.77. The molecule has 0 aliphatic heterocycles. The van der Waals surface area contributed by atoms with E-state index < -0.39 is 0 Å². The molecular weight excluding hydrogens is 344 g/mol. The molecule has 0 aliphatic rings. The lowest BCUT2D eigenvalue weighted by atomic mass is 10.1. The Labute approximate surface area is 156 Å². The summed E-state index contributed by atoms with van der Waals surface area (Å²) in [5.74, 6) is 0.326. The van der Waals surface area contributed by atoms with E-state index in [0.29, 0.717) is 17.2 Å². The number of benzene rings is 2. The fourth-order valence-corrected chi connectivity index (χ4v) is 2.67. The maximum Gasteiger partial charge on any atom is 0.228 e. The highest BCUT2D eigenvalue weighted by Gasteiger charge is 2.10. The number of hydrogen-bond acceptors (Lipinski definition) is 5. The van der Waals surface area contributed by atoms with Crippen molar-refractivity contribution < 1.29 is 9.59 Å². The lowest BCUT2D eigenvalue weighted by molar-refractivity contribution is -0.116. The van der Waals surface area contributed by atoms with Gasteiger partial charge in [-0.3, -0.25) is 9.59 Å². The van der Waals surface area contributed by atoms with Gasteiger partial charge in [0.1, 0.15) is 0 Å². The molecule has 27 heavy (non-hydrogen) atoms. The summed E-state index contributed by atoms with van der Waals surface area (Å²) in [6, 6.07) is 12.9. The minimum absolute atomic E-state index is 0.168. The molecule has 0 radical (unpaired) electrons. The molecule has 0 bridgehead atoms. The average molecular weight is 364 g/mol. The quantitative estimate of drug-likeness (QED) is 0.724. The number of aromatic nitrogens is 4. The molecule has 0 saturated heterocycles. The molecule has 0 unspecified atom stereocenters. The molecule has 8 heteroatoms. The minimum Gasteiger partial charge on any atom is -0.325 e. The van der Waals surface area contributed by atoms with E-state index >= 15 is 0 Å². The molecule has 2 aromatic carbocycles. The molecule has 2 amide bonds. The summed E-state index contributed by atoms with van der Waals surface area (Å²) < 4.78 is 1.62. The second-order valence-electron chi connectivity index (χ2n) is 6.26. The van der Waals surface area contributed by atoms with Crippen LogP contribution in [0.2, 0.25) is 0 Å². The van der Waals surface area contributed by atoms with E-state index in [9.17, 15) is 9.59 Å². The van der Waals surface area contributed by atoms with Crippen LogP contribution in [-0.4, -0.2) is 32.0 Å². The zero-order chi connectivity index (χ0) is 19.4. The van der Waals surface area contributed by atoms with Crippen LogP contribution in [0.15, 0.2) is 42.5 Å². The molecule has 3 rings (SSSR count). The van der Waals surface area contributed by atoms with Crippen LogP contribution < -0.4 is 10.6 Å². The van der Waals surface area contributed by atoms with E-state index in [1.807, 2.05) is 50.2 Å². The van der Waals surface area contributed by atoms with Crippen molar-refractivity contribution in [1.82, 2.24) is 20.2 Å². The van der Waals surface area contributed by atoms with Crippen LogP contribution in [-0.2, 0) is 16.0 Å². The van der Waals surface area contributed by atoms with Gasteiger partial charge in [-0.1, -0.05) is 18.2 Å². The molecule has 2 N–H and O–H groups in total. The Balaban J connectivity index is 1.70. The molecule has 0 saturated carbocycles. The summed E-state index contributed by atoms with van der Waals surface area (Å²) in [5.41, 5.74) is 3.83. The highest BCUT2D eigenvalue weighted by Crippen LogP contribution is 2.23. The van der Waals surface area contributed by atoms with Crippen molar-refractivity contribution in [1.29, 1.82) is 0 Å². The van der Waals surface area contributed by atoms with E-state index in [1.165, 1.54) is 6.92 Å². The Morgan fingerprint density at radius 1 is 1.00 bits per heavy atom. The third-order valence-corrected chi connectivity index (χ3v) is 3.93. The number of amides is 2. The third kappa shape index (κ3) is 4.55. The highest BCUT2D eigenvalue weighted by molar-refractivity contribution is 5.99. The molecule has 1 heterocycles. The maximum absolute atomic E-state index is 12.4. The van der Waals surface area contributed by atoms with Crippen LogP contribution in [0.25, 0.3) is 5.69 Å². The van der Waals surface area contributed by atoms with Crippen LogP contribution in [0.5, 0.6) is 0 Å². The van der Waals surface area contributed by atoms with Gasteiger partial charge in [-0.05, 0) is 59.7 Å². The van der Waals surface area contributed by atoms with Crippen molar-refractivity contribution in [3.63, 3.8) is 0 Å². The first kappa shape index (κ1) is 18.2. The van der Waals surface area contributed by atoms with E-state index in [-0.39, 0.29) is 18.2 Å². The number of aryl methyl sites for hydroxylation is 2. The maximum atomic E-state index is 12.4. The van der Waals surface area contributed by atoms with Gasteiger partial charge in [0.25, 0.3) is 0 Å². The van der Waals surface area contributed by atoms with E-state index in [2.05, 4.69) is 26.2 Å². The molecule has 0 fully saturated rings. The first-order chi connectivity index (χ1) is 12.9. The Morgan fingerprint density at radius 3 is 2.37 bits per heavy atom. The minimum atomic E-state index is -0.192. The van der Waals surface area contributed by atoms with Crippen LogP contribution in [0, 0.1) is 13.8 Å². The Morgan fingerprint density at radius 2 is 1.74 bits per heavy atom. The first-order valence-electron chi connectivity index (χ1n) is 8.45. The summed E-state index contributed by atoms with van der Waals surface area (Å²) in [4.78, 5) is 23.8. The Bertz CT molecular complexity index is 978. The number of nitrogens with zero attached hydrogens (tertiary/aromatic N) is 4. The average Bonchev–Trinajstić information content (AvgIpc) is 3.04.